The number of carbonyl (C=O) groups excluding carboxylic acids is 2. The van der Waals surface area contributed by atoms with Crippen LogP contribution in [0.3, 0.4) is 0 Å². The maximum Gasteiger partial charge on any atom is 0.264 e. The fourth-order valence-electron chi connectivity index (χ4n) is 4.70. The van der Waals surface area contributed by atoms with Crippen molar-refractivity contribution in [2.75, 3.05) is 17.4 Å². The maximum atomic E-state index is 14.4. The van der Waals surface area contributed by atoms with Crippen LogP contribution < -0.4 is 9.62 Å². The first kappa shape index (κ1) is 33.4. The molecule has 0 fully saturated rings. The molecule has 44 heavy (non-hydrogen) atoms. The summed E-state index contributed by atoms with van der Waals surface area (Å²) in [6, 6.07) is 30.9. The van der Waals surface area contributed by atoms with Crippen LogP contribution in [-0.2, 0) is 32.6 Å². The SMILES string of the molecule is CCCCNC(=O)[C@H](Cc1ccccc1)N(Cc1ccc(Br)cc1)C(=O)CN(c1ccc(Br)cc1)S(=O)(=O)c1ccccc1. The summed E-state index contributed by atoms with van der Waals surface area (Å²) in [4.78, 5) is 29.8. The van der Waals surface area contributed by atoms with E-state index in [1.807, 2.05) is 61.5 Å². The van der Waals surface area contributed by atoms with E-state index in [9.17, 15) is 18.0 Å². The molecule has 1 N–H and O–H groups in total. The average molecular weight is 742 g/mol. The Morgan fingerprint density at radius 1 is 0.773 bits per heavy atom. The van der Waals surface area contributed by atoms with Crippen LogP contribution in [0.2, 0.25) is 0 Å². The number of halogens is 2. The first-order chi connectivity index (χ1) is 21.2. The normalized spacial score (nSPS) is 11.9. The Balaban J connectivity index is 1.77. The lowest BCUT2D eigenvalue weighted by molar-refractivity contribution is -0.140. The summed E-state index contributed by atoms with van der Waals surface area (Å²) < 4.78 is 30.8. The highest BCUT2D eigenvalue weighted by Crippen LogP contribution is 2.26. The quantitative estimate of drug-likeness (QED) is 0.142. The summed E-state index contributed by atoms with van der Waals surface area (Å²) in [6.07, 6.45) is 1.98. The lowest BCUT2D eigenvalue weighted by atomic mass is 10.0. The van der Waals surface area contributed by atoms with Gasteiger partial charge in [0.2, 0.25) is 11.8 Å². The van der Waals surface area contributed by atoms with Crippen LogP contribution in [0.15, 0.2) is 123 Å². The Kier molecular flexibility index (Phi) is 12.2. The predicted octanol–water partition coefficient (Wildman–Crippen LogP) is 6.96. The summed E-state index contributed by atoms with van der Waals surface area (Å²) in [7, 11) is -4.13. The molecule has 0 radical (unpaired) electrons. The van der Waals surface area contributed by atoms with Crippen LogP contribution in [0.5, 0.6) is 0 Å². The molecule has 0 aromatic heterocycles. The van der Waals surface area contributed by atoms with Crippen molar-refractivity contribution in [3.63, 3.8) is 0 Å². The van der Waals surface area contributed by atoms with E-state index >= 15 is 0 Å². The van der Waals surface area contributed by atoms with Gasteiger partial charge in [-0.25, -0.2) is 8.42 Å². The number of hydrogen-bond acceptors (Lipinski definition) is 4. The van der Waals surface area contributed by atoms with Gasteiger partial charge in [0, 0.05) is 28.5 Å². The molecule has 2 amide bonds. The van der Waals surface area contributed by atoms with Gasteiger partial charge in [0.15, 0.2) is 0 Å². The van der Waals surface area contributed by atoms with Gasteiger partial charge < -0.3 is 10.2 Å². The molecule has 7 nitrogen and oxygen atoms in total. The Morgan fingerprint density at radius 3 is 1.93 bits per heavy atom. The van der Waals surface area contributed by atoms with Gasteiger partial charge in [-0.1, -0.05) is 106 Å². The zero-order chi connectivity index (χ0) is 31.5. The largest absolute Gasteiger partial charge is 0.354 e. The lowest BCUT2D eigenvalue weighted by Gasteiger charge is -2.34. The number of anilines is 1. The van der Waals surface area contributed by atoms with Crippen molar-refractivity contribution in [2.45, 2.75) is 43.7 Å². The average Bonchev–Trinajstić information content (AvgIpc) is 3.03. The number of benzene rings is 4. The number of nitrogens with zero attached hydrogens (tertiary/aromatic N) is 2. The fourth-order valence-corrected chi connectivity index (χ4v) is 6.67. The predicted molar refractivity (Wildman–Crippen MR) is 182 cm³/mol. The van der Waals surface area contributed by atoms with Crippen LogP contribution in [0, 0.1) is 0 Å². The molecule has 0 unspecified atom stereocenters. The molecule has 0 bridgehead atoms. The van der Waals surface area contributed by atoms with Gasteiger partial charge in [0.05, 0.1) is 10.6 Å². The topological polar surface area (TPSA) is 86.8 Å². The Labute approximate surface area is 276 Å². The molecular formula is C34H35Br2N3O4S. The third kappa shape index (κ3) is 9.03. The Hall–Kier alpha value is -3.47. The summed E-state index contributed by atoms with van der Waals surface area (Å²) >= 11 is 6.87. The smallest absolute Gasteiger partial charge is 0.264 e. The highest BCUT2D eigenvalue weighted by molar-refractivity contribution is 9.10. The van der Waals surface area contributed by atoms with E-state index in [0.717, 1.165) is 37.2 Å². The Bertz CT molecular complexity index is 1620. The van der Waals surface area contributed by atoms with Crippen LogP contribution >= 0.6 is 31.9 Å². The second-order valence-corrected chi connectivity index (χ2v) is 14.0. The molecule has 0 aliphatic carbocycles. The van der Waals surface area contributed by atoms with Crippen molar-refractivity contribution in [3.05, 3.63) is 129 Å². The molecular weight excluding hydrogens is 706 g/mol. The third-order valence-corrected chi connectivity index (χ3v) is 9.94. The number of rotatable bonds is 14. The number of sulfonamides is 1. The second-order valence-electron chi connectivity index (χ2n) is 10.3. The molecule has 1 atom stereocenters. The summed E-state index contributed by atoms with van der Waals surface area (Å²) in [5.74, 6) is -0.782. The molecule has 0 saturated carbocycles. The molecule has 0 heterocycles. The number of nitrogens with one attached hydrogen (secondary N) is 1. The van der Waals surface area contributed by atoms with E-state index in [-0.39, 0.29) is 23.8 Å². The third-order valence-electron chi connectivity index (χ3n) is 7.09. The molecule has 0 aliphatic heterocycles. The van der Waals surface area contributed by atoms with Crippen molar-refractivity contribution in [1.29, 1.82) is 0 Å². The zero-order valence-corrected chi connectivity index (χ0v) is 28.4. The van der Waals surface area contributed by atoms with Crippen molar-refractivity contribution in [1.82, 2.24) is 10.2 Å². The summed E-state index contributed by atoms with van der Waals surface area (Å²) in [5, 5.41) is 3.00. The highest BCUT2D eigenvalue weighted by Gasteiger charge is 2.34. The van der Waals surface area contributed by atoms with Crippen molar-refractivity contribution in [3.8, 4) is 0 Å². The van der Waals surface area contributed by atoms with Crippen LogP contribution in [0.1, 0.15) is 30.9 Å². The van der Waals surface area contributed by atoms with Gasteiger partial charge in [-0.3, -0.25) is 13.9 Å². The summed E-state index contributed by atoms with van der Waals surface area (Å²) in [6.45, 7) is 2.14. The molecule has 0 spiro atoms. The van der Waals surface area contributed by atoms with Gasteiger partial charge in [0.1, 0.15) is 12.6 Å². The number of carbonyl (C=O) groups is 2. The van der Waals surface area contributed by atoms with Crippen molar-refractivity contribution < 1.29 is 18.0 Å². The van der Waals surface area contributed by atoms with Crippen molar-refractivity contribution >= 4 is 59.4 Å². The molecule has 4 rings (SSSR count). The number of hydrogen-bond donors (Lipinski definition) is 1. The van der Waals surface area contributed by atoms with Crippen LogP contribution in [0.4, 0.5) is 5.69 Å². The molecule has 4 aromatic rings. The molecule has 230 valence electrons. The van der Waals surface area contributed by atoms with E-state index in [4.69, 9.17) is 0 Å². The minimum Gasteiger partial charge on any atom is -0.354 e. The second kappa shape index (κ2) is 16.0. The van der Waals surface area contributed by atoms with Gasteiger partial charge in [0.25, 0.3) is 10.0 Å². The number of unbranched alkanes of at least 4 members (excludes halogenated alkanes) is 1. The van der Waals surface area contributed by atoms with E-state index < -0.39 is 28.5 Å². The van der Waals surface area contributed by atoms with E-state index in [1.165, 1.54) is 17.0 Å². The molecule has 0 saturated heterocycles. The van der Waals surface area contributed by atoms with Gasteiger partial charge in [-0.2, -0.15) is 0 Å². The van der Waals surface area contributed by atoms with Gasteiger partial charge in [-0.15, -0.1) is 0 Å². The van der Waals surface area contributed by atoms with E-state index in [2.05, 4.69) is 37.2 Å². The van der Waals surface area contributed by atoms with E-state index in [1.54, 1.807) is 42.5 Å². The van der Waals surface area contributed by atoms with Crippen LogP contribution in [-0.4, -0.2) is 44.3 Å². The zero-order valence-electron chi connectivity index (χ0n) is 24.4. The molecule has 4 aromatic carbocycles. The van der Waals surface area contributed by atoms with Crippen LogP contribution in [0.25, 0.3) is 0 Å². The Morgan fingerprint density at radius 2 is 1.34 bits per heavy atom. The van der Waals surface area contributed by atoms with Crippen molar-refractivity contribution in [2.24, 2.45) is 0 Å². The molecule has 10 heteroatoms. The highest BCUT2D eigenvalue weighted by atomic mass is 79.9. The monoisotopic (exact) mass is 739 g/mol. The van der Waals surface area contributed by atoms with E-state index in [0.29, 0.717) is 12.2 Å². The lowest BCUT2D eigenvalue weighted by Crippen LogP contribution is -2.53. The number of amides is 2. The standard InChI is InChI=1S/C34H35Br2N3O4S/c1-2-3-22-37-34(41)32(23-26-10-6-4-7-11-26)38(24-27-14-16-28(35)17-15-27)33(40)25-39(30-20-18-29(36)19-21-30)44(42,43)31-12-8-5-9-13-31/h4-21,32H,2-3,22-25H2,1H3,(H,37,41)/t32-/m0/s1. The van der Waals surface area contributed by atoms with Gasteiger partial charge >= 0.3 is 0 Å². The minimum atomic E-state index is -4.13. The first-order valence-corrected chi connectivity index (χ1v) is 17.4. The maximum absolute atomic E-state index is 14.4. The van der Waals surface area contributed by atoms with Gasteiger partial charge in [-0.05, 0) is 66.1 Å². The minimum absolute atomic E-state index is 0.0633. The fraction of sp³-hybridized carbons (Fsp3) is 0.235. The first-order valence-electron chi connectivity index (χ1n) is 14.4. The summed E-state index contributed by atoms with van der Waals surface area (Å²) in [5.41, 5.74) is 2.03. The molecule has 0 aliphatic rings.